The number of hydrogen-bond acceptors (Lipinski definition) is 11. The van der Waals surface area contributed by atoms with Crippen molar-refractivity contribution in [3.05, 3.63) is 34.9 Å². The maximum Gasteiger partial charge on any atom is 0.270 e. The van der Waals surface area contributed by atoms with Gasteiger partial charge in [0, 0.05) is 30.9 Å². The second-order valence-corrected chi connectivity index (χ2v) is 9.11. The van der Waals surface area contributed by atoms with Gasteiger partial charge in [-0.3, -0.25) is 20.3 Å². The van der Waals surface area contributed by atoms with Crippen molar-refractivity contribution < 1.29 is 19.8 Å². The second kappa shape index (κ2) is 9.34. The van der Waals surface area contributed by atoms with Gasteiger partial charge in [-0.05, 0) is 42.9 Å². The minimum absolute atomic E-state index is 0.0163. The molecule has 1 fully saturated rings. The topological polar surface area (TPSA) is 235 Å². The number of rotatable bonds is 7. The molecule has 1 aliphatic carbocycles. The van der Waals surface area contributed by atoms with E-state index < -0.39 is 47.1 Å². The summed E-state index contributed by atoms with van der Waals surface area (Å²) in [6.07, 6.45) is 4.36. The fourth-order valence-corrected chi connectivity index (χ4v) is 5.11. The molecule has 0 aromatic heterocycles. The minimum Gasteiger partial charge on any atom is -0.370 e. The van der Waals surface area contributed by atoms with Crippen LogP contribution in [0.1, 0.15) is 34.3 Å². The smallest absolute Gasteiger partial charge is 0.270 e. The molecule has 188 valence electrons. The van der Waals surface area contributed by atoms with Gasteiger partial charge in [0.05, 0.1) is 6.04 Å². The van der Waals surface area contributed by atoms with E-state index in [4.69, 9.17) is 22.3 Å². The normalized spacial score (nSPS) is 27.3. The Balaban J connectivity index is 1.51. The number of nitrogens with zero attached hydrogens (tertiary/aromatic N) is 1. The molecule has 13 heteroatoms. The Morgan fingerprint density at radius 3 is 2.80 bits per heavy atom. The molecule has 1 aromatic carbocycles. The molecular weight excluding hydrogens is 454 g/mol. The van der Waals surface area contributed by atoms with Crippen LogP contribution in [0, 0.1) is 10.8 Å². The lowest BCUT2D eigenvalue weighted by molar-refractivity contribution is -0.218. The lowest BCUT2D eigenvalue weighted by atomic mass is 9.86. The van der Waals surface area contributed by atoms with Crippen LogP contribution in [0.25, 0.3) is 0 Å². The van der Waals surface area contributed by atoms with Gasteiger partial charge in [-0.15, -0.1) is 0 Å². The van der Waals surface area contributed by atoms with E-state index in [0.717, 1.165) is 36.8 Å². The number of carbonyl (C=O) groups is 2. The van der Waals surface area contributed by atoms with E-state index >= 15 is 0 Å². The first kappa shape index (κ1) is 24.7. The van der Waals surface area contributed by atoms with E-state index in [-0.39, 0.29) is 19.0 Å². The average Bonchev–Trinajstić information content (AvgIpc) is 3.32. The van der Waals surface area contributed by atoms with E-state index in [2.05, 4.69) is 26.3 Å². The highest BCUT2D eigenvalue weighted by molar-refractivity contribution is 6.59. The molecule has 1 spiro atoms. The van der Waals surface area contributed by atoms with Crippen molar-refractivity contribution in [2.24, 2.45) is 16.5 Å². The van der Waals surface area contributed by atoms with Crippen molar-refractivity contribution in [1.29, 1.82) is 10.8 Å². The number of fused-ring (bicyclic) bond motifs is 1. The predicted molar refractivity (Wildman–Crippen MR) is 128 cm³/mol. The lowest BCUT2D eigenvalue weighted by Crippen LogP contribution is -2.76. The first-order valence-electron chi connectivity index (χ1n) is 11.5. The fourth-order valence-electron chi connectivity index (χ4n) is 5.11. The number of nitrogens with one attached hydrogen (secondary N) is 6. The zero-order valence-corrected chi connectivity index (χ0v) is 19.1. The van der Waals surface area contributed by atoms with Crippen molar-refractivity contribution in [3.63, 3.8) is 0 Å². The molecule has 2 heterocycles. The molecule has 4 rings (SSSR count). The molecule has 2 aliphatic heterocycles. The SMILES string of the molecule is N=CC(=N)C(=O)NC[C@H](N)C1N=C(N)NC12NCC(NC(=O)c1cccc3c1CCCC3)C2(O)O. The molecule has 12 N–H and O–H groups in total. The van der Waals surface area contributed by atoms with Gasteiger partial charge in [-0.25, -0.2) is 4.99 Å². The molecule has 1 saturated heterocycles. The molecule has 4 atom stereocenters. The average molecular weight is 486 g/mol. The molecule has 3 aliphatic rings. The summed E-state index contributed by atoms with van der Waals surface area (Å²) in [7, 11) is 0. The number of amides is 2. The van der Waals surface area contributed by atoms with Gasteiger partial charge in [0.2, 0.25) is 5.79 Å². The standard InChI is InChI=1S/C22H31N9O4/c23-8-14(24)19(33)27-9-15(25)17-21(31-20(26)30-17)22(34,35)16(10-28-21)29-18(32)13-7-3-5-11-4-1-2-6-12(11)13/h3,5,7-8,15-17,23-24,28,34-35H,1-2,4,6,9-10,25H2,(H,27,33)(H,29,32)(H3,26,30,31)/t15-,16?,17?,21?/m0/s1. The second-order valence-electron chi connectivity index (χ2n) is 9.11. The highest BCUT2D eigenvalue weighted by Gasteiger charge is 2.67. The van der Waals surface area contributed by atoms with Crippen LogP contribution in [0.3, 0.4) is 0 Å². The summed E-state index contributed by atoms with van der Waals surface area (Å²) in [4.78, 5) is 29.2. The molecule has 35 heavy (non-hydrogen) atoms. The first-order chi connectivity index (χ1) is 16.6. The van der Waals surface area contributed by atoms with Gasteiger partial charge >= 0.3 is 0 Å². The van der Waals surface area contributed by atoms with Crippen LogP contribution >= 0.6 is 0 Å². The van der Waals surface area contributed by atoms with Crippen molar-refractivity contribution in [3.8, 4) is 0 Å². The number of aliphatic imine (C=N–C) groups is 1. The number of aryl methyl sites for hydroxylation is 1. The molecule has 1 aromatic rings. The Hall–Kier alpha value is -3.39. The maximum atomic E-state index is 13.2. The van der Waals surface area contributed by atoms with Crippen LogP contribution in [0.2, 0.25) is 0 Å². The summed E-state index contributed by atoms with van der Waals surface area (Å²) in [6.45, 7) is -0.192. The van der Waals surface area contributed by atoms with Gasteiger partial charge in [0.25, 0.3) is 11.8 Å². The quantitative estimate of drug-likeness (QED) is 0.141. The van der Waals surface area contributed by atoms with Crippen LogP contribution in [0.15, 0.2) is 23.2 Å². The van der Waals surface area contributed by atoms with E-state index in [9.17, 15) is 19.8 Å². The van der Waals surface area contributed by atoms with Crippen LogP contribution in [0.4, 0.5) is 0 Å². The third kappa shape index (κ3) is 4.27. The molecule has 0 radical (unpaired) electrons. The number of benzene rings is 1. The maximum absolute atomic E-state index is 13.2. The predicted octanol–water partition coefficient (Wildman–Crippen LogP) is -2.96. The number of aliphatic hydroxyl groups is 2. The summed E-state index contributed by atoms with van der Waals surface area (Å²) < 4.78 is 0. The van der Waals surface area contributed by atoms with E-state index in [1.54, 1.807) is 6.07 Å². The number of guanidine groups is 1. The number of nitrogens with two attached hydrogens (primary N) is 2. The van der Waals surface area contributed by atoms with Gasteiger partial charge < -0.3 is 43.0 Å². The monoisotopic (exact) mass is 485 g/mol. The van der Waals surface area contributed by atoms with Gasteiger partial charge in [0.1, 0.15) is 11.8 Å². The van der Waals surface area contributed by atoms with E-state index in [0.29, 0.717) is 11.8 Å². The molecule has 3 unspecified atom stereocenters. The Morgan fingerprint density at radius 2 is 2.06 bits per heavy atom. The largest absolute Gasteiger partial charge is 0.370 e. The van der Waals surface area contributed by atoms with Crippen LogP contribution in [-0.2, 0) is 17.6 Å². The highest BCUT2D eigenvalue weighted by atomic mass is 16.5. The van der Waals surface area contributed by atoms with Gasteiger partial charge in [0.15, 0.2) is 11.6 Å². The fraction of sp³-hybridized carbons (Fsp3) is 0.500. The summed E-state index contributed by atoms with van der Waals surface area (Å²) in [5, 5.41) is 47.8. The zero-order valence-electron chi connectivity index (χ0n) is 19.1. The van der Waals surface area contributed by atoms with Crippen LogP contribution in [0.5, 0.6) is 0 Å². The van der Waals surface area contributed by atoms with Crippen molar-refractivity contribution in [2.45, 2.75) is 55.3 Å². The lowest BCUT2D eigenvalue weighted by Gasteiger charge is -2.42. The van der Waals surface area contributed by atoms with Crippen LogP contribution in [-0.4, -0.2) is 82.6 Å². The van der Waals surface area contributed by atoms with Crippen molar-refractivity contribution >= 4 is 29.7 Å². The third-order valence-corrected chi connectivity index (χ3v) is 6.94. The molecule has 0 bridgehead atoms. The molecule has 2 amide bonds. The van der Waals surface area contributed by atoms with Crippen LogP contribution < -0.4 is 32.7 Å². The summed E-state index contributed by atoms with van der Waals surface area (Å²) >= 11 is 0. The van der Waals surface area contributed by atoms with Gasteiger partial charge in [-0.2, -0.15) is 0 Å². The molecule has 13 nitrogen and oxygen atoms in total. The number of hydrogen-bond donors (Lipinski definition) is 10. The summed E-state index contributed by atoms with van der Waals surface area (Å²) in [5.41, 5.74) is 12.4. The highest BCUT2D eigenvalue weighted by Crippen LogP contribution is 2.35. The Bertz CT molecular complexity index is 1090. The minimum atomic E-state index is -2.56. The summed E-state index contributed by atoms with van der Waals surface area (Å²) in [6, 6.07) is 2.45. The van der Waals surface area contributed by atoms with Gasteiger partial charge in [-0.1, -0.05) is 12.1 Å². The Kier molecular flexibility index (Phi) is 6.60. The first-order valence-corrected chi connectivity index (χ1v) is 11.5. The molecule has 0 saturated carbocycles. The van der Waals surface area contributed by atoms with E-state index in [1.807, 2.05) is 12.1 Å². The summed E-state index contributed by atoms with van der Waals surface area (Å²) in [5.74, 6) is -3.86. The third-order valence-electron chi connectivity index (χ3n) is 6.94. The Morgan fingerprint density at radius 1 is 1.31 bits per heavy atom. The molecular formula is C22H31N9O4. The van der Waals surface area contributed by atoms with Crippen molar-refractivity contribution in [1.82, 2.24) is 21.3 Å². The van der Waals surface area contributed by atoms with Crippen molar-refractivity contribution in [2.75, 3.05) is 13.1 Å². The zero-order chi connectivity index (χ0) is 25.4. The number of carbonyl (C=O) groups excluding carboxylic acids is 2. The Labute approximate surface area is 201 Å². The van der Waals surface area contributed by atoms with E-state index in [1.165, 1.54) is 0 Å².